The highest BCUT2D eigenvalue weighted by Crippen LogP contribution is 2.36. The van der Waals surface area contributed by atoms with E-state index in [1.807, 2.05) is 54.6 Å². The van der Waals surface area contributed by atoms with E-state index < -0.39 is 17.4 Å². The van der Waals surface area contributed by atoms with Gasteiger partial charge in [0.2, 0.25) is 0 Å². The summed E-state index contributed by atoms with van der Waals surface area (Å²) >= 11 is 0. The smallest absolute Gasteiger partial charge is 0.309 e. The number of rotatable bonds is 4. The van der Waals surface area contributed by atoms with Gasteiger partial charge in [-0.1, -0.05) is 54.6 Å². The molecule has 3 rings (SSSR count). The quantitative estimate of drug-likeness (QED) is 0.741. The molecule has 1 aliphatic rings. The minimum Gasteiger partial charge on any atom is -0.383 e. The van der Waals surface area contributed by atoms with Gasteiger partial charge in [-0.05, 0) is 29.5 Å². The Labute approximate surface area is 140 Å². The zero-order valence-electron chi connectivity index (χ0n) is 13.3. The van der Waals surface area contributed by atoms with Crippen LogP contribution in [0.1, 0.15) is 23.1 Å². The van der Waals surface area contributed by atoms with Crippen LogP contribution >= 0.6 is 0 Å². The van der Waals surface area contributed by atoms with Crippen molar-refractivity contribution in [3.63, 3.8) is 0 Å². The number of fused-ring (bicyclic) bond motifs is 1. The van der Waals surface area contributed by atoms with Crippen molar-refractivity contribution in [1.29, 1.82) is 0 Å². The lowest BCUT2D eigenvalue weighted by Gasteiger charge is -2.24. The fourth-order valence-corrected chi connectivity index (χ4v) is 3.02. The van der Waals surface area contributed by atoms with Gasteiger partial charge >= 0.3 is 11.8 Å². The Balaban J connectivity index is 1.53. The van der Waals surface area contributed by atoms with Crippen molar-refractivity contribution >= 4 is 11.8 Å². The molecule has 2 aromatic carbocycles. The average Bonchev–Trinajstić information content (AvgIpc) is 2.96. The summed E-state index contributed by atoms with van der Waals surface area (Å²) in [5.74, 6) is -1.43. The monoisotopic (exact) mass is 324 g/mol. The van der Waals surface area contributed by atoms with Crippen LogP contribution in [0.5, 0.6) is 0 Å². The van der Waals surface area contributed by atoms with Crippen LogP contribution in [0.3, 0.4) is 0 Å². The first-order valence-electron chi connectivity index (χ1n) is 7.99. The number of nitrogens with one attached hydrogen (secondary N) is 2. The molecule has 0 bridgehead atoms. The number of benzene rings is 2. The van der Waals surface area contributed by atoms with E-state index in [4.69, 9.17) is 0 Å². The van der Waals surface area contributed by atoms with Gasteiger partial charge in [0.05, 0.1) is 6.54 Å². The predicted molar refractivity (Wildman–Crippen MR) is 90.0 cm³/mol. The van der Waals surface area contributed by atoms with Crippen molar-refractivity contribution in [2.24, 2.45) is 0 Å². The highest BCUT2D eigenvalue weighted by Gasteiger charge is 2.36. The van der Waals surface area contributed by atoms with Crippen molar-refractivity contribution in [2.75, 3.05) is 6.54 Å². The first kappa shape index (κ1) is 16.2. The lowest BCUT2D eigenvalue weighted by molar-refractivity contribution is -0.140. The first-order chi connectivity index (χ1) is 11.6. The maximum Gasteiger partial charge on any atom is 0.309 e. The molecule has 0 saturated heterocycles. The highest BCUT2D eigenvalue weighted by atomic mass is 16.3. The molecular formula is C19H20N2O3. The third kappa shape index (κ3) is 3.46. The van der Waals surface area contributed by atoms with E-state index >= 15 is 0 Å². The van der Waals surface area contributed by atoms with E-state index in [0.29, 0.717) is 13.0 Å². The molecule has 0 spiro atoms. The lowest BCUT2D eigenvalue weighted by Crippen LogP contribution is -2.45. The lowest BCUT2D eigenvalue weighted by atomic mass is 9.96. The fraction of sp³-hybridized carbons (Fsp3) is 0.263. The number of carbonyl (C=O) groups is 2. The topological polar surface area (TPSA) is 78.4 Å². The van der Waals surface area contributed by atoms with Crippen LogP contribution < -0.4 is 10.6 Å². The van der Waals surface area contributed by atoms with E-state index in [0.717, 1.165) is 23.1 Å². The molecule has 0 aliphatic heterocycles. The number of amides is 2. The van der Waals surface area contributed by atoms with Gasteiger partial charge in [-0.15, -0.1) is 0 Å². The minimum atomic E-state index is -1.11. The summed E-state index contributed by atoms with van der Waals surface area (Å²) < 4.78 is 0. The van der Waals surface area contributed by atoms with Gasteiger partial charge in [-0.2, -0.15) is 0 Å². The second-order valence-corrected chi connectivity index (χ2v) is 6.04. The molecule has 5 nitrogen and oxygen atoms in total. The van der Waals surface area contributed by atoms with Crippen LogP contribution in [0.2, 0.25) is 0 Å². The summed E-state index contributed by atoms with van der Waals surface area (Å²) in [6, 6.07) is 17.0. The molecule has 124 valence electrons. The molecular weight excluding hydrogens is 304 g/mol. The number of aryl methyl sites for hydroxylation is 1. The van der Waals surface area contributed by atoms with E-state index in [9.17, 15) is 14.7 Å². The Morgan fingerprint density at radius 2 is 1.62 bits per heavy atom. The van der Waals surface area contributed by atoms with Crippen molar-refractivity contribution in [2.45, 2.75) is 25.0 Å². The number of hydrogen-bond donors (Lipinski definition) is 3. The molecule has 0 fully saturated rings. The SMILES string of the molecule is O=C(NCc1ccccc1)C(=O)NCC1(O)CCc2ccccc21. The maximum atomic E-state index is 11.9. The Morgan fingerprint density at radius 3 is 2.42 bits per heavy atom. The van der Waals surface area contributed by atoms with Gasteiger partial charge in [-0.25, -0.2) is 0 Å². The third-order valence-corrected chi connectivity index (χ3v) is 4.37. The normalized spacial score (nSPS) is 18.7. The van der Waals surface area contributed by atoms with Gasteiger partial charge < -0.3 is 15.7 Å². The first-order valence-corrected chi connectivity index (χ1v) is 7.99. The molecule has 2 aromatic rings. The summed E-state index contributed by atoms with van der Waals surface area (Å²) in [6.07, 6.45) is 1.31. The summed E-state index contributed by atoms with van der Waals surface area (Å²) in [6.45, 7) is 0.321. The molecule has 1 aliphatic carbocycles. The largest absolute Gasteiger partial charge is 0.383 e. The zero-order chi connectivity index (χ0) is 17.0. The average molecular weight is 324 g/mol. The maximum absolute atomic E-state index is 11.9. The van der Waals surface area contributed by atoms with Crippen molar-refractivity contribution < 1.29 is 14.7 Å². The van der Waals surface area contributed by atoms with Crippen molar-refractivity contribution in [3.8, 4) is 0 Å². The summed E-state index contributed by atoms with van der Waals surface area (Å²) in [7, 11) is 0. The standard InChI is InChI=1S/C19H20N2O3/c22-17(20-12-14-6-2-1-3-7-14)18(23)21-13-19(24)11-10-15-8-4-5-9-16(15)19/h1-9,24H,10-13H2,(H,20,22)(H,21,23). The number of aliphatic hydroxyl groups is 1. The van der Waals surface area contributed by atoms with E-state index in [1.54, 1.807) is 0 Å². The predicted octanol–water partition coefficient (Wildman–Crippen LogP) is 1.25. The second kappa shape index (κ2) is 6.84. The van der Waals surface area contributed by atoms with Crippen LogP contribution in [-0.2, 0) is 28.2 Å². The van der Waals surface area contributed by atoms with E-state index in [-0.39, 0.29) is 6.54 Å². The molecule has 0 saturated carbocycles. The van der Waals surface area contributed by atoms with E-state index in [1.165, 1.54) is 0 Å². The van der Waals surface area contributed by atoms with Crippen LogP contribution in [0.4, 0.5) is 0 Å². The number of hydrogen-bond acceptors (Lipinski definition) is 3. The van der Waals surface area contributed by atoms with Crippen molar-refractivity contribution in [1.82, 2.24) is 10.6 Å². The number of carbonyl (C=O) groups excluding carboxylic acids is 2. The van der Waals surface area contributed by atoms with E-state index in [2.05, 4.69) is 10.6 Å². The van der Waals surface area contributed by atoms with Gasteiger partial charge in [0.1, 0.15) is 5.60 Å². The molecule has 2 amide bonds. The third-order valence-electron chi connectivity index (χ3n) is 4.37. The summed E-state index contributed by atoms with van der Waals surface area (Å²) in [5, 5.41) is 15.8. The van der Waals surface area contributed by atoms with Crippen molar-refractivity contribution in [3.05, 3.63) is 71.3 Å². The molecule has 3 N–H and O–H groups in total. The molecule has 1 unspecified atom stereocenters. The fourth-order valence-electron chi connectivity index (χ4n) is 3.02. The van der Waals surface area contributed by atoms with Crippen LogP contribution in [-0.4, -0.2) is 23.5 Å². The Bertz CT molecular complexity index is 745. The molecule has 0 radical (unpaired) electrons. The summed E-state index contributed by atoms with van der Waals surface area (Å²) in [4.78, 5) is 23.8. The molecule has 0 heterocycles. The van der Waals surface area contributed by atoms with Gasteiger partial charge in [0.25, 0.3) is 0 Å². The van der Waals surface area contributed by atoms with Gasteiger partial charge in [0, 0.05) is 6.54 Å². The molecule has 24 heavy (non-hydrogen) atoms. The second-order valence-electron chi connectivity index (χ2n) is 6.04. The zero-order valence-corrected chi connectivity index (χ0v) is 13.3. The molecule has 0 aromatic heterocycles. The molecule has 5 heteroatoms. The van der Waals surface area contributed by atoms with Crippen LogP contribution in [0, 0.1) is 0 Å². The molecule has 1 atom stereocenters. The Morgan fingerprint density at radius 1 is 0.958 bits per heavy atom. The summed E-state index contributed by atoms with van der Waals surface area (Å²) in [5.41, 5.74) is 1.73. The highest BCUT2D eigenvalue weighted by molar-refractivity contribution is 6.35. The minimum absolute atomic E-state index is 0.0294. The van der Waals surface area contributed by atoms with Gasteiger partial charge in [0.15, 0.2) is 0 Å². The Hall–Kier alpha value is -2.66. The van der Waals surface area contributed by atoms with Gasteiger partial charge in [-0.3, -0.25) is 9.59 Å². The van der Waals surface area contributed by atoms with Crippen LogP contribution in [0.15, 0.2) is 54.6 Å². The Kier molecular flexibility index (Phi) is 4.62. The van der Waals surface area contributed by atoms with Crippen LogP contribution in [0.25, 0.3) is 0 Å².